The number of aliphatic imine (C=N–C) groups is 2. The molecule has 0 aliphatic carbocycles. The molecule has 0 unspecified atom stereocenters. The number of carbonyl (C=O) groups is 1. The molecule has 0 bridgehead atoms. The van der Waals surface area contributed by atoms with Crippen LogP contribution in [-0.2, 0) is 0 Å². The molecule has 4 nitrogen and oxygen atoms in total. The van der Waals surface area contributed by atoms with Gasteiger partial charge in [0.05, 0.1) is 22.2 Å². The van der Waals surface area contributed by atoms with E-state index in [9.17, 15) is 9.18 Å². The van der Waals surface area contributed by atoms with Crippen molar-refractivity contribution in [3.05, 3.63) is 82.3 Å². The second-order valence-corrected chi connectivity index (χ2v) is 7.10. The van der Waals surface area contributed by atoms with Gasteiger partial charge >= 0.3 is 0 Å². The van der Waals surface area contributed by atoms with E-state index in [1.165, 1.54) is 23.5 Å². The van der Waals surface area contributed by atoms with Crippen LogP contribution in [0.25, 0.3) is 0 Å². The predicted molar refractivity (Wildman–Crippen MR) is 107 cm³/mol. The molecule has 0 saturated carbocycles. The first-order valence-corrected chi connectivity index (χ1v) is 9.33. The van der Waals surface area contributed by atoms with E-state index in [1.54, 1.807) is 18.2 Å². The SMILES string of the molecule is CC1=Nc2ccccc2N=C(NC(=O)c2cccs2)[C@@H]1c1ccc(F)cc1. The van der Waals surface area contributed by atoms with Crippen molar-refractivity contribution >= 4 is 40.2 Å². The molecular formula is C21H16FN3OS. The summed E-state index contributed by atoms with van der Waals surface area (Å²) in [5.74, 6) is -0.428. The number of nitrogens with one attached hydrogen (secondary N) is 1. The van der Waals surface area contributed by atoms with E-state index >= 15 is 0 Å². The fourth-order valence-electron chi connectivity index (χ4n) is 3.04. The molecule has 2 heterocycles. The van der Waals surface area contributed by atoms with Crippen LogP contribution in [0.1, 0.15) is 28.1 Å². The zero-order valence-electron chi connectivity index (χ0n) is 14.5. The highest BCUT2D eigenvalue weighted by molar-refractivity contribution is 7.12. The number of fused-ring (bicyclic) bond motifs is 1. The summed E-state index contributed by atoms with van der Waals surface area (Å²) in [5, 5.41) is 4.79. The number of amides is 1. The van der Waals surface area contributed by atoms with Crippen LogP contribution in [0, 0.1) is 5.82 Å². The molecule has 3 aromatic rings. The van der Waals surface area contributed by atoms with E-state index in [2.05, 4.69) is 5.32 Å². The number of thiophene rings is 1. The van der Waals surface area contributed by atoms with Crippen molar-refractivity contribution in [2.24, 2.45) is 9.98 Å². The number of benzene rings is 2. The molecule has 1 N–H and O–H groups in total. The summed E-state index contributed by atoms with van der Waals surface area (Å²) in [6, 6.07) is 17.3. The molecule has 1 amide bonds. The fraction of sp³-hybridized carbons (Fsp3) is 0.0952. The van der Waals surface area contributed by atoms with Gasteiger partial charge in [0.15, 0.2) is 0 Å². The Hall–Kier alpha value is -3.12. The lowest BCUT2D eigenvalue weighted by Gasteiger charge is -2.19. The van der Waals surface area contributed by atoms with E-state index < -0.39 is 0 Å². The molecule has 6 heteroatoms. The van der Waals surface area contributed by atoms with E-state index in [0.717, 1.165) is 17.0 Å². The van der Waals surface area contributed by atoms with Crippen molar-refractivity contribution < 1.29 is 9.18 Å². The highest BCUT2D eigenvalue weighted by Gasteiger charge is 2.27. The van der Waals surface area contributed by atoms with Crippen LogP contribution in [0.2, 0.25) is 0 Å². The summed E-state index contributed by atoms with van der Waals surface area (Å²) in [7, 11) is 0. The predicted octanol–water partition coefficient (Wildman–Crippen LogP) is 5.24. The van der Waals surface area contributed by atoms with Gasteiger partial charge in [-0.05, 0) is 48.2 Å². The van der Waals surface area contributed by atoms with E-state index in [1.807, 2.05) is 42.6 Å². The van der Waals surface area contributed by atoms with Crippen molar-refractivity contribution in [2.75, 3.05) is 0 Å². The van der Waals surface area contributed by atoms with Gasteiger partial charge in [0.2, 0.25) is 0 Å². The summed E-state index contributed by atoms with van der Waals surface area (Å²) in [6.07, 6.45) is 0. The van der Waals surface area contributed by atoms with Gasteiger partial charge in [-0.2, -0.15) is 0 Å². The minimum Gasteiger partial charge on any atom is -0.309 e. The Morgan fingerprint density at radius 2 is 1.70 bits per heavy atom. The van der Waals surface area contributed by atoms with Crippen LogP contribution >= 0.6 is 11.3 Å². The first kappa shape index (κ1) is 17.3. The molecule has 27 heavy (non-hydrogen) atoms. The maximum atomic E-state index is 13.4. The topological polar surface area (TPSA) is 53.8 Å². The van der Waals surface area contributed by atoms with Crippen molar-refractivity contribution in [3.8, 4) is 0 Å². The van der Waals surface area contributed by atoms with Gasteiger partial charge in [0, 0.05) is 5.71 Å². The molecule has 2 aromatic carbocycles. The minimum absolute atomic E-state index is 0.219. The van der Waals surface area contributed by atoms with Crippen molar-refractivity contribution in [1.82, 2.24) is 5.32 Å². The molecular weight excluding hydrogens is 361 g/mol. The van der Waals surface area contributed by atoms with Crippen molar-refractivity contribution in [3.63, 3.8) is 0 Å². The Morgan fingerprint density at radius 3 is 2.37 bits per heavy atom. The normalized spacial score (nSPS) is 16.0. The second-order valence-electron chi connectivity index (χ2n) is 6.15. The maximum Gasteiger partial charge on any atom is 0.266 e. The number of amidine groups is 1. The van der Waals surface area contributed by atoms with Crippen LogP contribution in [-0.4, -0.2) is 17.5 Å². The zero-order chi connectivity index (χ0) is 18.8. The van der Waals surface area contributed by atoms with E-state index in [4.69, 9.17) is 9.98 Å². The molecule has 0 saturated heterocycles. The minimum atomic E-state index is -0.373. The van der Waals surface area contributed by atoms with Crippen LogP contribution in [0.15, 0.2) is 76.0 Å². The van der Waals surface area contributed by atoms with Crippen LogP contribution < -0.4 is 5.32 Å². The number of hydrogen-bond acceptors (Lipinski definition) is 4. The Labute approximate surface area is 160 Å². The van der Waals surface area contributed by atoms with Gasteiger partial charge in [-0.3, -0.25) is 9.79 Å². The lowest BCUT2D eigenvalue weighted by molar-refractivity contribution is 0.0980. The summed E-state index contributed by atoms with van der Waals surface area (Å²) in [4.78, 5) is 22.7. The number of carbonyl (C=O) groups excluding carboxylic acids is 1. The average molecular weight is 377 g/mol. The monoisotopic (exact) mass is 377 g/mol. The molecule has 0 fully saturated rings. The number of rotatable bonds is 2. The summed E-state index contributed by atoms with van der Waals surface area (Å²) in [5.41, 5.74) is 3.01. The standard InChI is InChI=1S/C21H16FN3OS/c1-13-19(14-8-10-15(22)11-9-14)20(25-21(26)18-7-4-12-27-18)24-17-6-3-2-5-16(17)23-13/h2-12,19H,1H3,(H,24,25,26)/t19-/m0/s1. The highest BCUT2D eigenvalue weighted by atomic mass is 32.1. The van der Waals surface area contributed by atoms with E-state index in [-0.39, 0.29) is 17.6 Å². The average Bonchev–Trinajstić information content (AvgIpc) is 3.15. The lowest BCUT2D eigenvalue weighted by atomic mass is 9.93. The van der Waals surface area contributed by atoms with Crippen LogP contribution in [0.5, 0.6) is 0 Å². The highest BCUT2D eigenvalue weighted by Crippen LogP contribution is 2.34. The molecule has 1 atom stereocenters. The molecule has 0 radical (unpaired) electrons. The summed E-state index contributed by atoms with van der Waals surface area (Å²) >= 11 is 1.36. The third kappa shape index (κ3) is 3.57. The van der Waals surface area contributed by atoms with Crippen LogP contribution in [0.4, 0.5) is 15.8 Å². The summed E-state index contributed by atoms with van der Waals surface area (Å²) in [6.45, 7) is 1.89. The number of para-hydroxylation sites is 2. The van der Waals surface area contributed by atoms with Crippen molar-refractivity contribution in [1.29, 1.82) is 0 Å². The van der Waals surface area contributed by atoms with Gasteiger partial charge in [-0.25, -0.2) is 9.38 Å². The third-order valence-electron chi connectivity index (χ3n) is 4.30. The Bertz CT molecular complexity index is 1040. The first-order chi connectivity index (χ1) is 13.1. The largest absolute Gasteiger partial charge is 0.309 e. The van der Waals surface area contributed by atoms with Gasteiger partial charge < -0.3 is 5.32 Å². The molecule has 134 valence electrons. The molecule has 1 aliphatic heterocycles. The van der Waals surface area contributed by atoms with E-state index in [0.29, 0.717) is 16.4 Å². The second kappa shape index (κ2) is 7.25. The Kier molecular flexibility index (Phi) is 4.64. The zero-order valence-corrected chi connectivity index (χ0v) is 15.3. The third-order valence-corrected chi connectivity index (χ3v) is 5.17. The number of hydrogen-bond donors (Lipinski definition) is 1. The molecule has 0 spiro atoms. The quantitative estimate of drug-likeness (QED) is 0.653. The Morgan fingerprint density at radius 1 is 1.00 bits per heavy atom. The van der Waals surface area contributed by atoms with Gasteiger partial charge in [0.25, 0.3) is 5.91 Å². The maximum absolute atomic E-state index is 13.4. The smallest absolute Gasteiger partial charge is 0.266 e. The number of nitrogens with zero attached hydrogens (tertiary/aromatic N) is 2. The van der Waals surface area contributed by atoms with Gasteiger partial charge in [-0.1, -0.05) is 30.3 Å². The molecule has 1 aliphatic rings. The van der Waals surface area contributed by atoms with Crippen LogP contribution in [0.3, 0.4) is 0 Å². The molecule has 1 aromatic heterocycles. The molecule has 4 rings (SSSR count). The summed E-state index contributed by atoms with van der Waals surface area (Å²) < 4.78 is 13.4. The first-order valence-electron chi connectivity index (χ1n) is 8.45. The van der Waals surface area contributed by atoms with Gasteiger partial charge in [0.1, 0.15) is 11.7 Å². The lowest BCUT2D eigenvalue weighted by Crippen LogP contribution is -2.36. The Balaban J connectivity index is 1.81. The van der Waals surface area contributed by atoms with Crippen molar-refractivity contribution in [2.45, 2.75) is 12.8 Å². The van der Waals surface area contributed by atoms with Gasteiger partial charge in [-0.15, -0.1) is 11.3 Å². The fourth-order valence-corrected chi connectivity index (χ4v) is 3.66. The number of halogens is 1.